The first-order valence-electron chi connectivity index (χ1n) is 5.74. The van der Waals surface area contributed by atoms with Crippen molar-refractivity contribution in [3.63, 3.8) is 0 Å². The van der Waals surface area contributed by atoms with Crippen molar-refractivity contribution >= 4 is 18.0 Å². The lowest BCUT2D eigenvalue weighted by Crippen LogP contribution is -2.08. The fourth-order valence-electron chi connectivity index (χ4n) is 1.53. The lowest BCUT2D eigenvalue weighted by molar-refractivity contribution is -0.142. The summed E-state index contributed by atoms with van der Waals surface area (Å²) in [5, 5.41) is 9.09. The predicted molar refractivity (Wildman–Crippen MR) is 71.8 cm³/mol. The number of carbonyl (C=O) groups excluding carboxylic acids is 1. The molecule has 0 aliphatic heterocycles. The number of carboxylic acids is 1. The Kier molecular flexibility index (Phi) is 5.58. The summed E-state index contributed by atoms with van der Waals surface area (Å²) in [5.41, 5.74) is 0.481. The van der Waals surface area contributed by atoms with Crippen LogP contribution in [0.15, 0.2) is 23.8 Å². The van der Waals surface area contributed by atoms with Gasteiger partial charge in [-0.2, -0.15) is 0 Å². The number of ether oxygens (including phenoxy) is 3. The summed E-state index contributed by atoms with van der Waals surface area (Å²) in [6.45, 7) is 0. The van der Waals surface area contributed by atoms with Gasteiger partial charge in [-0.1, -0.05) is 0 Å². The standard InChI is InChI=1S/C14H16O6/c1-18-11-5-9(6-12(8-11)19-2)4-10(14(16)17)7-13(15)20-3/h4-6,8H,7H2,1-3H3,(H,16,17)/b10-4-. The van der Waals surface area contributed by atoms with E-state index in [1.807, 2.05) is 0 Å². The van der Waals surface area contributed by atoms with Crippen molar-refractivity contribution in [1.29, 1.82) is 0 Å². The molecule has 0 fully saturated rings. The van der Waals surface area contributed by atoms with Crippen LogP contribution >= 0.6 is 0 Å². The molecule has 0 unspecified atom stereocenters. The van der Waals surface area contributed by atoms with Crippen molar-refractivity contribution < 1.29 is 28.9 Å². The summed E-state index contributed by atoms with van der Waals surface area (Å²) in [5.74, 6) is -0.748. The molecule has 0 heterocycles. The summed E-state index contributed by atoms with van der Waals surface area (Å²) in [4.78, 5) is 22.3. The van der Waals surface area contributed by atoms with Gasteiger partial charge in [0.15, 0.2) is 0 Å². The Morgan fingerprint density at radius 1 is 1.10 bits per heavy atom. The molecule has 108 valence electrons. The van der Waals surface area contributed by atoms with Crippen LogP contribution in [0, 0.1) is 0 Å². The number of carbonyl (C=O) groups is 2. The molecule has 0 bridgehead atoms. The molecule has 1 N–H and O–H groups in total. The van der Waals surface area contributed by atoms with Crippen molar-refractivity contribution in [2.75, 3.05) is 21.3 Å². The van der Waals surface area contributed by atoms with Gasteiger partial charge in [-0.15, -0.1) is 0 Å². The molecule has 0 amide bonds. The lowest BCUT2D eigenvalue weighted by Gasteiger charge is -2.07. The highest BCUT2D eigenvalue weighted by molar-refractivity contribution is 5.97. The number of hydrogen-bond acceptors (Lipinski definition) is 5. The zero-order chi connectivity index (χ0) is 15.1. The van der Waals surface area contributed by atoms with E-state index < -0.39 is 11.9 Å². The van der Waals surface area contributed by atoms with Crippen LogP contribution in [0.2, 0.25) is 0 Å². The molecule has 0 saturated heterocycles. The summed E-state index contributed by atoms with van der Waals surface area (Å²) >= 11 is 0. The van der Waals surface area contributed by atoms with Crippen molar-refractivity contribution in [1.82, 2.24) is 0 Å². The Labute approximate surface area is 116 Å². The Morgan fingerprint density at radius 3 is 2.05 bits per heavy atom. The second kappa shape index (κ2) is 7.18. The van der Waals surface area contributed by atoms with Gasteiger partial charge < -0.3 is 19.3 Å². The molecule has 0 saturated carbocycles. The molecule has 6 heteroatoms. The molecule has 6 nitrogen and oxygen atoms in total. The smallest absolute Gasteiger partial charge is 0.332 e. The largest absolute Gasteiger partial charge is 0.497 e. The highest BCUT2D eigenvalue weighted by atomic mass is 16.5. The summed E-state index contributed by atoms with van der Waals surface area (Å²) < 4.78 is 14.7. The maximum Gasteiger partial charge on any atom is 0.332 e. The third kappa shape index (κ3) is 4.31. The summed E-state index contributed by atoms with van der Waals surface area (Å²) in [6, 6.07) is 4.95. The van der Waals surface area contributed by atoms with Gasteiger partial charge in [-0.25, -0.2) is 4.79 Å². The number of hydrogen-bond donors (Lipinski definition) is 1. The van der Waals surface area contributed by atoms with Crippen LogP contribution in [0.25, 0.3) is 6.08 Å². The molecule has 0 aromatic heterocycles. The van der Waals surface area contributed by atoms with E-state index in [2.05, 4.69) is 4.74 Å². The van der Waals surface area contributed by atoms with Crippen molar-refractivity contribution in [3.05, 3.63) is 29.3 Å². The third-order valence-electron chi connectivity index (χ3n) is 2.55. The number of aliphatic carboxylic acids is 1. The van der Waals surface area contributed by atoms with Gasteiger partial charge in [0.05, 0.1) is 27.8 Å². The minimum atomic E-state index is -1.18. The fourth-order valence-corrected chi connectivity index (χ4v) is 1.53. The normalized spacial score (nSPS) is 10.8. The molecular formula is C14H16O6. The second-order valence-corrected chi connectivity index (χ2v) is 3.87. The van der Waals surface area contributed by atoms with Crippen LogP contribution in [0.5, 0.6) is 11.5 Å². The van der Waals surface area contributed by atoms with Crippen LogP contribution in [-0.2, 0) is 14.3 Å². The molecule has 1 rings (SSSR count). The topological polar surface area (TPSA) is 82.1 Å². The van der Waals surface area contributed by atoms with E-state index in [0.717, 1.165) is 0 Å². The van der Waals surface area contributed by atoms with Gasteiger partial charge in [0.25, 0.3) is 0 Å². The highest BCUT2D eigenvalue weighted by Gasteiger charge is 2.13. The Hall–Kier alpha value is -2.50. The predicted octanol–water partition coefficient (Wildman–Crippen LogP) is 1.73. The third-order valence-corrected chi connectivity index (χ3v) is 2.55. The Bertz CT molecular complexity index is 510. The first kappa shape index (κ1) is 15.6. The zero-order valence-corrected chi connectivity index (χ0v) is 11.5. The van der Waals surface area contributed by atoms with Crippen molar-refractivity contribution in [2.45, 2.75) is 6.42 Å². The van der Waals surface area contributed by atoms with Gasteiger partial charge in [0.2, 0.25) is 0 Å². The fraction of sp³-hybridized carbons (Fsp3) is 0.286. The monoisotopic (exact) mass is 280 g/mol. The van der Waals surface area contributed by atoms with Crippen molar-refractivity contribution in [3.8, 4) is 11.5 Å². The summed E-state index contributed by atoms with van der Waals surface area (Å²) in [6.07, 6.45) is 1.07. The van der Waals surface area contributed by atoms with Crippen LogP contribution in [0.4, 0.5) is 0 Å². The number of carboxylic acid groups (broad SMARTS) is 1. The minimum Gasteiger partial charge on any atom is -0.497 e. The number of esters is 1. The second-order valence-electron chi connectivity index (χ2n) is 3.87. The van der Waals surface area contributed by atoms with E-state index in [4.69, 9.17) is 14.6 Å². The minimum absolute atomic E-state index is 0.0767. The van der Waals surface area contributed by atoms with E-state index in [0.29, 0.717) is 17.1 Å². The van der Waals surface area contributed by atoms with Crippen LogP contribution in [-0.4, -0.2) is 38.4 Å². The molecule has 1 aromatic carbocycles. The molecule has 0 atom stereocenters. The van der Waals surface area contributed by atoms with E-state index in [-0.39, 0.29) is 12.0 Å². The number of benzene rings is 1. The van der Waals surface area contributed by atoms with Gasteiger partial charge in [0, 0.05) is 11.6 Å². The van der Waals surface area contributed by atoms with E-state index in [1.165, 1.54) is 27.4 Å². The Morgan fingerprint density at radius 2 is 1.65 bits per heavy atom. The average molecular weight is 280 g/mol. The SMILES string of the molecule is COC(=O)C/C(=C/c1cc(OC)cc(OC)c1)C(=O)O. The molecule has 0 aliphatic rings. The first-order chi connectivity index (χ1) is 9.49. The first-order valence-corrected chi connectivity index (χ1v) is 5.74. The van der Waals surface area contributed by atoms with Crippen LogP contribution < -0.4 is 9.47 Å². The van der Waals surface area contributed by atoms with Crippen LogP contribution in [0.1, 0.15) is 12.0 Å². The number of rotatable bonds is 6. The van der Waals surface area contributed by atoms with E-state index in [9.17, 15) is 9.59 Å². The molecule has 1 aromatic rings. The van der Waals surface area contributed by atoms with Crippen LogP contribution in [0.3, 0.4) is 0 Å². The molecule has 0 spiro atoms. The molecule has 0 radical (unpaired) electrons. The van der Waals surface area contributed by atoms with Gasteiger partial charge in [0.1, 0.15) is 11.5 Å². The quantitative estimate of drug-likeness (QED) is 0.631. The van der Waals surface area contributed by atoms with Gasteiger partial charge in [-0.05, 0) is 23.8 Å². The maximum atomic E-state index is 11.2. The van der Waals surface area contributed by atoms with E-state index in [1.54, 1.807) is 18.2 Å². The molecule has 0 aliphatic carbocycles. The Balaban J connectivity index is 3.15. The zero-order valence-electron chi connectivity index (χ0n) is 11.5. The average Bonchev–Trinajstić information content (AvgIpc) is 2.45. The number of methoxy groups -OCH3 is 3. The van der Waals surface area contributed by atoms with Gasteiger partial charge >= 0.3 is 11.9 Å². The summed E-state index contributed by atoms with van der Waals surface area (Å²) in [7, 11) is 4.19. The maximum absolute atomic E-state index is 11.2. The van der Waals surface area contributed by atoms with Gasteiger partial charge in [-0.3, -0.25) is 4.79 Å². The lowest BCUT2D eigenvalue weighted by atomic mass is 10.1. The van der Waals surface area contributed by atoms with Crippen molar-refractivity contribution in [2.24, 2.45) is 0 Å². The molecular weight excluding hydrogens is 264 g/mol. The molecule has 20 heavy (non-hydrogen) atoms. The van der Waals surface area contributed by atoms with E-state index >= 15 is 0 Å². The highest BCUT2D eigenvalue weighted by Crippen LogP contribution is 2.24.